The molecular formula is C18H18F3N. The van der Waals surface area contributed by atoms with Crippen molar-refractivity contribution >= 4 is 0 Å². The highest BCUT2D eigenvalue weighted by Gasteiger charge is 2.30. The van der Waals surface area contributed by atoms with Gasteiger partial charge in [0.1, 0.15) is 0 Å². The van der Waals surface area contributed by atoms with E-state index in [1.807, 2.05) is 18.2 Å². The predicted molar refractivity (Wildman–Crippen MR) is 81.7 cm³/mol. The molecule has 0 aliphatic carbocycles. The van der Waals surface area contributed by atoms with Crippen LogP contribution in [0.1, 0.15) is 29.9 Å². The molecule has 1 nitrogen and oxygen atoms in total. The highest BCUT2D eigenvalue weighted by Crippen LogP contribution is 2.35. The van der Waals surface area contributed by atoms with E-state index < -0.39 is 11.7 Å². The fourth-order valence-corrected chi connectivity index (χ4v) is 3.07. The Morgan fingerprint density at radius 3 is 2.32 bits per heavy atom. The van der Waals surface area contributed by atoms with Crippen LogP contribution >= 0.6 is 0 Å². The monoisotopic (exact) mass is 305 g/mol. The lowest BCUT2D eigenvalue weighted by molar-refractivity contribution is -0.137. The van der Waals surface area contributed by atoms with Gasteiger partial charge in [-0.2, -0.15) is 13.2 Å². The first-order chi connectivity index (χ1) is 10.6. The van der Waals surface area contributed by atoms with Gasteiger partial charge in [0, 0.05) is 6.54 Å². The van der Waals surface area contributed by atoms with Crippen LogP contribution in [0.15, 0.2) is 48.5 Å². The van der Waals surface area contributed by atoms with Gasteiger partial charge in [-0.3, -0.25) is 0 Å². The van der Waals surface area contributed by atoms with Gasteiger partial charge in [-0.15, -0.1) is 0 Å². The van der Waals surface area contributed by atoms with Crippen LogP contribution in [-0.4, -0.2) is 13.1 Å². The van der Waals surface area contributed by atoms with Crippen molar-refractivity contribution in [3.8, 4) is 11.1 Å². The quantitative estimate of drug-likeness (QED) is 0.837. The van der Waals surface area contributed by atoms with E-state index in [-0.39, 0.29) is 0 Å². The maximum Gasteiger partial charge on any atom is 0.416 e. The summed E-state index contributed by atoms with van der Waals surface area (Å²) in [6.07, 6.45) is -2.04. The zero-order valence-electron chi connectivity index (χ0n) is 12.2. The largest absolute Gasteiger partial charge is 0.416 e. The van der Waals surface area contributed by atoms with E-state index in [9.17, 15) is 13.2 Å². The molecule has 0 spiro atoms. The zero-order chi connectivity index (χ0) is 15.6. The highest BCUT2D eigenvalue weighted by molar-refractivity contribution is 5.68. The first-order valence-corrected chi connectivity index (χ1v) is 7.53. The second kappa shape index (κ2) is 6.13. The van der Waals surface area contributed by atoms with Crippen LogP contribution in [0.5, 0.6) is 0 Å². The number of rotatable bonds is 2. The lowest BCUT2D eigenvalue weighted by Gasteiger charge is -2.25. The minimum atomic E-state index is -4.29. The van der Waals surface area contributed by atoms with Crippen molar-refractivity contribution in [1.29, 1.82) is 0 Å². The summed E-state index contributed by atoms with van der Waals surface area (Å²) in [5.74, 6) is 0.423. The molecule has 116 valence electrons. The Balaban J connectivity index is 1.94. The lowest BCUT2D eigenvalue weighted by atomic mass is 9.86. The molecule has 3 rings (SSSR count). The summed E-state index contributed by atoms with van der Waals surface area (Å²) in [4.78, 5) is 0. The molecule has 2 aromatic rings. The van der Waals surface area contributed by atoms with Crippen LogP contribution in [0, 0.1) is 0 Å². The maximum absolute atomic E-state index is 12.7. The summed E-state index contributed by atoms with van der Waals surface area (Å²) in [6.45, 7) is 1.97. The topological polar surface area (TPSA) is 12.0 Å². The number of hydrogen-bond acceptors (Lipinski definition) is 1. The average molecular weight is 305 g/mol. The average Bonchev–Trinajstić information content (AvgIpc) is 2.55. The third-order valence-corrected chi connectivity index (χ3v) is 4.22. The molecule has 1 saturated heterocycles. The maximum atomic E-state index is 12.7. The summed E-state index contributed by atoms with van der Waals surface area (Å²) < 4.78 is 38.1. The fraction of sp³-hybridized carbons (Fsp3) is 0.333. The molecule has 0 aromatic heterocycles. The van der Waals surface area contributed by atoms with Crippen molar-refractivity contribution in [2.45, 2.75) is 24.9 Å². The van der Waals surface area contributed by atoms with Crippen LogP contribution in [0.2, 0.25) is 0 Å². The Bertz CT molecular complexity index is 626. The minimum absolute atomic E-state index is 0.423. The lowest BCUT2D eigenvalue weighted by Crippen LogP contribution is -2.28. The van der Waals surface area contributed by atoms with Crippen molar-refractivity contribution in [2.24, 2.45) is 0 Å². The summed E-state index contributed by atoms with van der Waals surface area (Å²) >= 11 is 0. The molecule has 0 radical (unpaired) electrons. The van der Waals surface area contributed by atoms with E-state index >= 15 is 0 Å². The van der Waals surface area contributed by atoms with Gasteiger partial charge in [-0.25, -0.2) is 0 Å². The molecule has 1 aliphatic rings. The van der Waals surface area contributed by atoms with Crippen molar-refractivity contribution in [1.82, 2.24) is 5.32 Å². The van der Waals surface area contributed by atoms with Crippen molar-refractivity contribution in [3.05, 3.63) is 59.7 Å². The third-order valence-electron chi connectivity index (χ3n) is 4.22. The van der Waals surface area contributed by atoms with Gasteiger partial charge in [0.2, 0.25) is 0 Å². The first-order valence-electron chi connectivity index (χ1n) is 7.53. The first kappa shape index (κ1) is 15.1. The van der Waals surface area contributed by atoms with E-state index in [0.29, 0.717) is 5.92 Å². The molecule has 1 N–H and O–H groups in total. The van der Waals surface area contributed by atoms with Gasteiger partial charge in [0.15, 0.2) is 0 Å². The van der Waals surface area contributed by atoms with Crippen LogP contribution in [0.25, 0.3) is 11.1 Å². The SMILES string of the molecule is FC(F)(F)c1ccc(-c2ccccc2C2CCCNC2)cc1. The van der Waals surface area contributed by atoms with E-state index in [4.69, 9.17) is 0 Å². The molecule has 1 fully saturated rings. The van der Waals surface area contributed by atoms with E-state index in [1.165, 1.54) is 5.56 Å². The van der Waals surface area contributed by atoms with Crippen LogP contribution in [-0.2, 0) is 6.18 Å². The summed E-state index contributed by atoms with van der Waals surface area (Å²) in [7, 11) is 0. The molecule has 1 atom stereocenters. The predicted octanol–water partition coefficient (Wildman–Crippen LogP) is 4.84. The number of alkyl halides is 3. The van der Waals surface area contributed by atoms with Gasteiger partial charge < -0.3 is 5.32 Å². The Kier molecular flexibility index (Phi) is 4.21. The normalized spacial score (nSPS) is 19.1. The van der Waals surface area contributed by atoms with E-state index in [1.54, 1.807) is 12.1 Å². The second-order valence-electron chi connectivity index (χ2n) is 5.71. The fourth-order valence-electron chi connectivity index (χ4n) is 3.07. The summed E-state index contributed by atoms with van der Waals surface area (Å²) in [5.41, 5.74) is 2.49. The number of piperidine rings is 1. The molecule has 22 heavy (non-hydrogen) atoms. The second-order valence-corrected chi connectivity index (χ2v) is 5.71. The minimum Gasteiger partial charge on any atom is -0.316 e. The number of nitrogens with one attached hydrogen (secondary N) is 1. The van der Waals surface area contributed by atoms with Crippen molar-refractivity contribution in [2.75, 3.05) is 13.1 Å². The molecule has 1 heterocycles. The Labute approximate surface area is 128 Å². The highest BCUT2D eigenvalue weighted by atomic mass is 19.4. The molecule has 1 aliphatic heterocycles. The summed E-state index contributed by atoms with van der Waals surface area (Å²) in [6, 6.07) is 13.5. The molecule has 0 amide bonds. The smallest absolute Gasteiger partial charge is 0.316 e. The van der Waals surface area contributed by atoms with Crippen LogP contribution < -0.4 is 5.32 Å². The summed E-state index contributed by atoms with van der Waals surface area (Å²) in [5, 5.41) is 3.39. The number of hydrogen-bond donors (Lipinski definition) is 1. The van der Waals surface area contributed by atoms with Gasteiger partial charge in [0.25, 0.3) is 0 Å². The van der Waals surface area contributed by atoms with E-state index in [2.05, 4.69) is 11.4 Å². The molecule has 0 bridgehead atoms. The molecule has 1 unspecified atom stereocenters. The van der Waals surface area contributed by atoms with Gasteiger partial charge >= 0.3 is 6.18 Å². The molecule has 0 saturated carbocycles. The van der Waals surface area contributed by atoms with Crippen molar-refractivity contribution in [3.63, 3.8) is 0 Å². The Morgan fingerprint density at radius 2 is 1.68 bits per heavy atom. The van der Waals surface area contributed by atoms with Crippen LogP contribution in [0.4, 0.5) is 13.2 Å². The third kappa shape index (κ3) is 3.17. The van der Waals surface area contributed by atoms with E-state index in [0.717, 1.165) is 49.2 Å². The van der Waals surface area contributed by atoms with Gasteiger partial charge in [-0.05, 0) is 54.1 Å². The Morgan fingerprint density at radius 1 is 0.955 bits per heavy atom. The Hall–Kier alpha value is -1.81. The van der Waals surface area contributed by atoms with Crippen LogP contribution in [0.3, 0.4) is 0 Å². The van der Waals surface area contributed by atoms with Gasteiger partial charge in [-0.1, -0.05) is 36.4 Å². The molecular weight excluding hydrogens is 287 g/mol. The van der Waals surface area contributed by atoms with Crippen molar-refractivity contribution < 1.29 is 13.2 Å². The zero-order valence-corrected chi connectivity index (χ0v) is 12.2. The standard InChI is InChI=1S/C18H18F3N/c19-18(20,21)15-9-7-13(8-10-15)16-5-1-2-6-17(16)14-4-3-11-22-12-14/h1-2,5-10,14,22H,3-4,11-12H2. The number of benzene rings is 2. The molecule has 4 heteroatoms. The number of halogens is 3. The molecule has 2 aromatic carbocycles. The van der Waals surface area contributed by atoms with Gasteiger partial charge in [0.05, 0.1) is 5.56 Å².